The fourth-order valence-electron chi connectivity index (χ4n) is 2.70. The molecule has 1 radical (unpaired) electrons. The second-order valence-corrected chi connectivity index (χ2v) is 5.51. The van der Waals surface area contributed by atoms with Crippen molar-refractivity contribution in [2.24, 2.45) is 0 Å². The fraction of sp³-hybridized carbons (Fsp3) is 0.375. The minimum absolute atomic E-state index is 0.0504. The number of piperidine rings is 1. The molecule has 2 aromatic rings. The van der Waals surface area contributed by atoms with Crippen molar-refractivity contribution in [3.8, 4) is 5.69 Å². The van der Waals surface area contributed by atoms with Crippen LogP contribution in [-0.2, 0) is 0 Å². The molecule has 1 aliphatic heterocycles. The smallest absolute Gasteiger partial charge is 0.256 e. The van der Waals surface area contributed by atoms with Gasteiger partial charge in [-0.2, -0.15) is 15.0 Å². The third-order valence-corrected chi connectivity index (χ3v) is 3.92. The van der Waals surface area contributed by atoms with Crippen molar-refractivity contribution in [1.29, 1.82) is 0 Å². The summed E-state index contributed by atoms with van der Waals surface area (Å²) < 4.78 is 0. The van der Waals surface area contributed by atoms with Crippen LogP contribution in [0.2, 0.25) is 0 Å². The molecular weight excluding hydrogens is 264 g/mol. The van der Waals surface area contributed by atoms with Crippen molar-refractivity contribution in [2.75, 3.05) is 6.54 Å². The molecule has 1 aliphatic rings. The van der Waals surface area contributed by atoms with Gasteiger partial charge in [-0.15, -0.1) is 0 Å². The lowest BCUT2D eigenvalue weighted by molar-refractivity contribution is 0.0673. The second-order valence-electron chi connectivity index (χ2n) is 5.51. The molecule has 1 aromatic heterocycles. The van der Waals surface area contributed by atoms with Crippen LogP contribution in [0.25, 0.3) is 5.69 Å². The van der Waals surface area contributed by atoms with Gasteiger partial charge in [-0.1, -0.05) is 11.6 Å². The molecule has 1 aromatic carbocycles. The highest BCUT2D eigenvalue weighted by atomic mass is 16.2. The Morgan fingerprint density at radius 3 is 2.76 bits per heavy atom. The lowest BCUT2D eigenvalue weighted by Gasteiger charge is -2.33. The zero-order valence-electron chi connectivity index (χ0n) is 12.4. The summed E-state index contributed by atoms with van der Waals surface area (Å²) in [5.41, 5.74) is 2.45. The summed E-state index contributed by atoms with van der Waals surface area (Å²) in [7, 11) is 0. The summed E-state index contributed by atoms with van der Waals surface area (Å²) in [6, 6.07) is 6.06. The minimum atomic E-state index is 0.0504. The maximum absolute atomic E-state index is 12.9. The van der Waals surface area contributed by atoms with Crippen LogP contribution in [-0.4, -0.2) is 38.4 Å². The van der Waals surface area contributed by atoms with E-state index in [9.17, 15) is 4.79 Å². The van der Waals surface area contributed by atoms with E-state index in [4.69, 9.17) is 0 Å². The Kier molecular flexibility index (Phi) is 3.73. The summed E-state index contributed by atoms with van der Waals surface area (Å²) in [6.07, 6.45) is 7.50. The van der Waals surface area contributed by atoms with E-state index < -0.39 is 0 Å². The molecule has 0 N–H and O–H groups in total. The van der Waals surface area contributed by atoms with Crippen LogP contribution in [0.5, 0.6) is 0 Å². The molecule has 0 saturated carbocycles. The van der Waals surface area contributed by atoms with Crippen LogP contribution < -0.4 is 0 Å². The molecule has 21 heavy (non-hydrogen) atoms. The number of nitrogens with zero attached hydrogens (tertiary/aromatic N) is 4. The SMILES string of the molecule is Cc1ccc(-n2nccn2)c(C(=O)N2C[CH]CC[C@H]2C)c1. The number of carbonyl (C=O) groups excluding carboxylic acids is 1. The van der Waals surface area contributed by atoms with Gasteiger partial charge < -0.3 is 4.90 Å². The predicted octanol–water partition coefficient (Wildman–Crippen LogP) is 2.40. The maximum Gasteiger partial charge on any atom is 0.256 e. The first kappa shape index (κ1) is 13.8. The number of aromatic nitrogens is 3. The largest absolute Gasteiger partial charge is 0.336 e. The first-order valence-electron chi connectivity index (χ1n) is 7.27. The van der Waals surface area contributed by atoms with Gasteiger partial charge in [0.2, 0.25) is 0 Å². The Balaban J connectivity index is 2.00. The normalized spacial score (nSPS) is 18.8. The molecule has 0 bridgehead atoms. The topological polar surface area (TPSA) is 51.0 Å². The summed E-state index contributed by atoms with van der Waals surface area (Å²) in [5, 5.41) is 8.30. The molecule has 1 saturated heterocycles. The van der Waals surface area contributed by atoms with Crippen LogP contribution in [0, 0.1) is 13.3 Å². The first-order valence-corrected chi connectivity index (χ1v) is 7.27. The van der Waals surface area contributed by atoms with Crippen LogP contribution in [0.4, 0.5) is 0 Å². The van der Waals surface area contributed by atoms with Gasteiger partial charge in [0.25, 0.3) is 5.91 Å². The van der Waals surface area contributed by atoms with E-state index >= 15 is 0 Å². The Labute approximate surface area is 124 Å². The minimum Gasteiger partial charge on any atom is -0.336 e. The maximum atomic E-state index is 12.9. The van der Waals surface area contributed by atoms with E-state index in [1.165, 1.54) is 4.80 Å². The average molecular weight is 283 g/mol. The molecule has 109 valence electrons. The molecule has 5 heteroatoms. The van der Waals surface area contributed by atoms with Crippen molar-refractivity contribution in [3.05, 3.63) is 48.1 Å². The number of rotatable bonds is 2. The predicted molar refractivity (Wildman–Crippen MR) is 80.1 cm³/mol. The Hall–Kier alpha value is -2.17. The van der Waals surface area contributed by atoms with Crippen molar-refractivity contribution < 1.29 is 4.79 Å². The van der Waals surface area contributed by atoms with Crippen molar-refractivity contribution >= 4 is 5.91 Å². The Bertz CT molecular complexity index is 636. The lowest BCUT2D eigenvalue weighted by atomic mass is 10.0. The molecule has 0 unspecified atom stereocenters. The van der Waals surface area contributed by atoms with Gasteiger partial charge in [-0.05, 0) is 45.2 Å². The van der Waals surface area contributed by atoms with Crippen LogP contribution in [0.3, 0.4) is 0 Å². The third-order valence-electron chi connectivity index (χ3n) is 3.92. The fourth-order valence-corrected chi connectivity index (χ4v) is 2.70. The van der Waals surface area contributed by atoms with Crippen LogP contribution in [0.1, 0.15) is 35.7 Å². The highest BCUT2D eigenvalue weighted by molar-refractivity contribution is 5.98. The quantitative estimate of drug-likeness (QED) is 0.850. The molecular formula is C16H19N4O. The number of amides is 1. The van der Waals surface area contributed by atoms with Gasteiger partial charge in [0.05, 0.1) is 23.6 Å². The standard InChI is InChI=1S/C16H19N4O/c1-12-6-7-15(20-17-8-9-18-20)14(11-12)16(21)19-10-4-3-5-13(19)2/h4,6-9,11,13H,3,5,10H2,1-2H3/t13-/m1/s1. The van der Waals surface area contributed by atoms with Gasteiger partial charge >= 0.3 is 0 Å². The molecule has 0 spiro atoms. The van der Waals surface area contributed by atoms with Crippen molar-refractivity contribution in [2.45, 2.75) is 32.7 Å². The zero-order valence-corrected chi connectivity index (χ0v) is 12.4. The van der Waals surface area contributed by atoms with Crippen molar-refractivity contribution in [1.82, 2.24) is 19.9 Å². The first-order chi connectivity index (χ1) is 10.2. The molecule has 1 amide bonds. The lowest BCUT2D eigenvalue weighted by Crippen LogP contribution is -2.42. The molecule has 0 aliphatic carbocycles. The van der Waals surface area contributed by atoms with E-state index in [1.807, 2.05) is 30.0 Å². The third kappa shape index (κ3) is 2.68. The van der Waals surface area contributed by atoms with Crippen LogP contribution >= 0.6 is 0 Å². The number of aryl methyl sites for hydroxylation is 1. The number of hydrogen-bond donors (Lipinski definition) is 0. The van der Waals surface area contributed by atoms with Gasteiger partial charge in [-0.25, -0.2) is 0 Å². The molecule has 2 heterocycles. The Morgan fingerprint density at radius 1 is 1.29 bits per heavy atom. The average Bonchev–Trinajstić information content (AvgIpc) is 3.01. The molecule has 5 nitrogen and oxygen atoms in total. The summed E-state index contributed by atoms with van der Waals surface area (Å²) in [4.78, 5) is 16.3. The van der Waals surface area contributed by atoms with Crippen molar-refractivity contribution in [3.63, 3.8) is 0 Å². The highest BCUT2D eigenvalue weighted by Crippen LogP contribution is 2.22. The van der Waals surface area contributed by atoms with Gasteiger partial charge in [0.15, 0.2) is 0 Å². The van der Waals surface area contributed by atoms with E-state index in [-0.39, 0.29) is 11.9 Å². The number of likely N-dealkylation sites (tertiary alicyclic amines) is 1. The van der Waals surface area contributed by atoms with Gasteiger partial charge in [0.1, 0.15) is 0 Å². The number of carbonyl (C=O) groups is 1. The molecule has 1 atom stereocenters. The van der Waals surface area contributed by atoms with Crippen LogP contribution in [0.15, 0.2) is 30.6 Å². The summed E-state index contributed by atoms with van der Waals surface area (Å²) in [6.45, 7) is 4.80. The second kappa shape index (κ2) is 5.68. The molecule has 1 fully saturated rings. The van der Waals surface area contributed by atoms with E-state index in [0.717, 1.165) is 24.1 Å². The summed E-state index contributed by atoms with van der Waals surface area (Å²) >= 11 is 0. The van der Waals surface area contributed by atoms with E-state index in [2.05, 4.69) is 23.5 Å². The van der Waals surface area contributed by atoms with Gasteiger partial charge in [-0.3, -0.25) is 4.79 Å². The Morgan fingerprint density at radius 2 is 2.05 bits per heavy atom. The van der Waals surface area contributed by atoms with E-state index in [0.29, 0.717) is 12.1 Å². The molecule has 3 rings (SSSR count). The number of benzene rings is 1. The zero-order chi connectivity index (χ0) is 14.8. The highest BCUT2D eigenvalue weighted by Gasteiger charge is 2.26. The monoisotopic (exact) mass is 283 g/mol. The summed E-state index contributed by atoms with van der Waals surface area (Å²) in [5.74, 6) is 0.0504. The van der Waals surface area contributed by atoms with E-state index in [1.54, 1.807) is 12.4 Å². The van der Waals surface area contributed by atoms with Gasteiger partial charge in [0, 0.05) is 12.6 Å². The number of hydrogen-bond acceptors (Lipinski definition) is 3.